The Morgan fingerprint density at radius 3 is 2.26 bits per heavy atom. The quantitative estimate of drug-likeness (QED) is 0.665. The minimum absolute atomic E-state index is 0.0168. The van der Waals surface area contributed by atoms with Gasteiger partial charge in [0.1, 0.15) is 5.75 Å². The van der Waals surface area contributed by atoms with Gasteiger partial charge in [-0.15, -0.1) is 11.6 Å². The minimum atomic E-state index is -0.0168. The number of ether oxygens (including phenoxy) is 1. The highest BCUT2D eigenvalue weighted by atomic mass is 79.9. The second-order valence-electron chi connectivity index (χ2n) is 4.30. The van der Waals surface area contributed by atoms with Crippen molar-refractivity contribution in [3.8, 4) is 5.75 Å². The molecule has 0 N–H and O–H groups in total. The summed E-state index contributed by atoms with van der Waals surface area (Å²) in [7, 11) is 0. The molecular formula is C16H16BrClO. The third kappa shape index (κ3) is 4.26. The number of hydrogen-bond acceptors (Lipinski definition) is 1. The summed E-state index contributed by atoms with van der Waals surface area (Å²) in [6, 6.07) is 16.3. The highest BCUT2D eigenvalue weighted by Crippen LogP contribution is 2.27. The molecule has 3 heteroatoms. The minimum Gasteiger partial charge on any atom is -0.494 e. The summed E-state index contributed by atoms with van der Waals surface area (Å²) < 4.78 is 6.51. The first-order valence-electron chi connectivity index (χ1n) is 6.30. The molecule has 2 aromatic carbocycles. The van der Waals surface area contributed by atoms with Crippen molar-refractivity contribution >= 4 is 27.5 Å². The summed E-state index contributed by atoms with van der Waals surface area (Å²) in [6.45, 7) is 2.66. The Kier molecular flexibility index (Phi) is 5.29. The van der Waals surface area contributed by atoms with E-state index in [0.29, 0.717) is 6.61 Å². The standard InChI is InChI=1S/C16H16BrClO/c1-2-19-15-9-5-13(6-10-15)16(18)11-12-3-7-14(17)8-4-12/h3-10,16H,2,11H2,1H3. The van der Waals surface area contributed by atoms with Crippen molar-refractivity contribution in [2.75, 3.05) is 6.61 Å². The summed E-state index contributed by atoms with van der Waals surface area (Å²) in [5.41, 5.74) is 2.35. The van der Waals surface area contributed by atoms with Crippen LogP contribution in [0.25, 0.3) is 0 Å². The molecular weight excluding hydrogens is 324 g/mol. The van der Waals surface area contributed by atoms with Gasteiger partial charge in [0.05, 0.1) is 12.0 Å². The molecule has 2 rings (SSSR count). The maximum absolute atomic E-state index is 6.46. The maximum Gasteiger partial charge on any atom is 0.119 e. The summed E-state index contributed by atoms with van der Waals surface area (Å²) in [6.07, 6.45) is 0.822. The lowest BCUT2D eigenvalue weighted by molar-refractivity contribution is 0.340. The van der Waals surface area contributed by atoms with Gasteiger partial charge in [0.25, 0.3) is 0 Å². The first-order chi connectivity index (χ1) is 9.19. The highest BCUT2D eigenvalue weighted by molar-refractivity contribution is 9.10. The zero-order valence-electron chi connectivity index (χ0n) is 10.8. The van der Waals surface area contributed by atoms with Crippen LogP contribution < -0.4 is 4.74 Å². The SMILES string of the molecule is CCOc1ccc(C(Cl)Cc2ccc(Br)cc2)cc1. The van der Waals surface area contributed by atoms with Crippen molar-refractivity contribution in [1.29, 1.82) is 0 Å². The molecule has 0 radical (unpaired) electrons. The average Bonchev–Trinajstić information content (AvgIpc) is 2.42. The molecule has 0 fully saturated rings. The molecule has 0 aliphatic heterocycles. The fraction of sp³-hybridized carbons (Fsp3) is 0.250. The van der Waals surface area contributed by atoms with Crippen molar-refractivity contribution in [3.63, 3.8) is 0 Å². The predicted molar refractivity (Wildman–Crippen MR) is 84.1 cm³/mol. The van der Waals surface area contributed by atoms with Crippen LogP contribution in [-0.4, -0.2) is 6.61 Å². The lowest BCUT2D eigenvalue weighted by atomic mass is 10.0. The third-order valence-corrected chi connectivity index (χ3v) is 3.82. The predicted octanol–water partition coefficient (Wildman–Crippen LogP) is 5.37. The van der Waals surface area contributed by atoms with Gasteiger partial charge in [-0.3, -0.25) is 0 Å². The van der Waals surface area contributed by atoms with Crippen molar-refractivity contribution in [2.45, 2.75) is 18.7 Å². The van der Waals surface area contributed by atoms with Crippen molar-refractivity contribution in [1.82, 2.24) is 0 Å². The second-order valence-corrected chi connectivity index (χ2v) is 5.74. The van der Waals surface area contributed by atoms with Crippen LogP contribution in [0.15, 0.2) is 53.0 Å². The molecule has 0 aromatic heterocycles. The van der Waals surface area contributed by atoms with Gasteiger partial charge < -0.3 is 4.74 Å². The lowest BCUT2D eigenvalue weighted by Crippen LogP contribution is -1.97. The fourth-order valence-electron chi connectivity index (χ4n) is 1.88. The zero-order valence-corrected chi connectivity index (χ0v) is 13.1. The largest absolute Gasteiger partial charge is 0.494 e. The molecule has 19 heavy (non-hydrogen) atoms. The van der Waals surface area contributed by atoms with Gasteiger partial charge >= 0.3 is 0 Å². The molecule has 2 aromatic rings. The van der Waals surface area contributed by atoms with Crippen LogP contribution in [0.4, 0.5) is 0 Å². The van der Waals surface area contributed by atoms with E-state index in [2.05, 4.69) is 28.1 Å². The number of rotatable bonds is 5. The van der Waals surface area contributed by atoms with E-state index in [9.17, 15) is 0 Å². The van der Waals surface area contributed by atoms with Gasteiger partial charge in [-0.25, -0.2) is 0 Å². The highest BCUT2D eigenvalue weighted by Gasteiger charge is 2.09. The molecule has 0 amide bonds. The molecule has 0 saturated carbocycles. The van der Waals surface area contributed by atoms with E-state index in [1.165, 1.54) is 5.56 Å². The van der Waals surface area contributed by atoms with Crippen LogP contribution in [-0.2, 0) is 6.42 Å². The van der Waals surface area contributed by atoms with Gasteiger partial charge in [0, 0.05) is 4.47 Å². The monoisotopic (exact) mass is 338 g/mol. The Balaban J connectivity index is 2.02. The average molecular weight is 340 g/mol. The maximum atomic E-state index is 6.46. The summed E-state index contributed by atoms with van der Waals surface area (Å²) >= 11 is 9.89. The fourth-order valence-corrected chi connectivity index (χ4v) is 2.47. The first kappa shape index (κ1) is 14.4. The summed E-state index contributed by atoms with van der Waals surface area (Å²) in [4.78, 5) is 0. The molecule has 1 atom stereocenters. The zero-order chi connectivity index (χ0) is 13.7. The lowest BCUT2D eigenvalue weighted by Gasteiger charge is -2.11. The van der Waals surface area contributed by atoms with E-state index in [1.54, 1.807) is 0 Å². The molecule has 0 aliphatic carbocycles. The Morgan fingerprint density at radius 2 is 1.68 bits per heavy atom. The van der Waals surface area contributed by atoms with Gasteiger partial charge in [-0.2, -0.15) is 0 Å². The number of benzene rings is 2. The number of alkyl halides is 1. The van der Waals surface area contributed by atoms with Crippen LogP contribution in [0.5, 0.6) is 5.75 Å². The molecule has 1 nitrogen and oxygen atoms in total. The van der Waals surface area contributed by atoms with Gasteiger partial charge in [0.2, 0.25) is 0 Å². The first-order valence-corrected chi connectivity index (χ1v) is 7.53. The van der Waals surface area contributed by atoms with E-state index in [-0.39, 0.29) is 5.38 Å². The molecule has 1 unspecified atom stereocenters. The van der Waals surface area contributed by atoms with Crippen molar-refractivity contribution < 1.29 is 4.74 Å². The topological polar surface area (TPSA) is 9.23 Å². The van der Waals surface area contributed by atoms with Crippen molar-refractivity contribution in [2.24, 2.45) is 0 Å². The Morgan fingerprint density at radius 1 is 1.05 bits per heavy atom. The molecule has 0 bridgehead atoms. The Labute approximate surface area is 127 Å². The molecule has 100 valence electrons. The summed E-state index contributed by atoms with van der Waals surface area (Å²) in [5, 5.41) is -0.0168. The van der Waals surface area contributed by atoms with Crippen molar-refractivity contribution in [3.05, 3.63) is 64.1 Å². The smallest absolute Gasteiger partial charge is 0.119 e. The van der Waals surface area contributed by atoms with E-state index < -0.39 is 0 Å². The van der Waals surface area contributed by atoms with Gasteiger partial charge in [-0.1, -0.05) is 40.2 Å². The Bertz CT molecular complexity index is 507. The van der Waals surface area contributed by atoms with E-state index in [1.807, 2.05) is 43.3 Å². The normalized spacial score (nSPS) is 12.2. The molecule has 0 aliphatic rings. The van der Waals surface area contributed by atoms with Crippen LogP contribution in [0.1, 0.15) is 23.4 Å². The molecule has 0 heterocycles. The third-order valence-electron chi connectivity index (χ3n) is 2.88. The van der Waals surface area contributed by atoms with Crippen LogP contribution >= 0.6 is 27.5 Å². The molecule has 0 saturated heterocycles. The van der Waals surface area contributed by atoms with Crippen LogP contribution in [0.3, 0.4) is 0 Å². The second kappa shape index (κ2) is 6.97. The Hall–Kier alpha value is -0.990. The number of hydrogen-bond donors (Lipinski definition) is 0. The van der Waals surface area contributed by atoms with E-state index in [4.69, 9.17) is 16.3 Å². The van der Waals surface area contributed by atoms with E-state index >= 15 is 0 Å². The van der Waals surface area contributed by atoms with Gasteiger partial charge in [0.15, 0.2) is 0 Å². The summed E-state index contributed by atoms with van der Waals surface area (Å²) in [5.74, 6) is 0.888. The van der Waals surface area contributed by atoms with E-state index in [0.717, 1.165) is 22.2 Å². The molecule has 0 spiro atoms. The van der Waals surface area contributed by atoms with Gasteiger partial charge in [-0.05, 0) is 48.7 Å². The van der Waals surface area contributed by atoms with Crippen LogP contribution in [0.2, 0.25) is 0 Å². The van der Waals surface area contributed by atoms with Crippen LogP contribution in [0, 0.1) is 0 Å². The number of halogens is 2.